The Bertz CT molecular complexity index is 885. The van der Waals surface area contributed by atoms with E-state index in [2.05, 4.69) is 10.1 Å². The summed E-state index contributed by atoms with van der Waals surface area (Å²) in [5, 5.41) is 4.08. The summed E-state index contributed by atoms with van der Waals surface area (Å²) in [4.78, 5) is 4.80. The Morgan fingerprint density at radius 1 is 1.19 bits per heavy atom. The monoisotopic (exact) mass is 376 g/mol. The molecule has 2 N–H and O–H groups in total. The van der Waals surface area contributed by atoms with Crippen LogP contribution in [0.4, 0.5) is 0 Å². The van der Waals surface area contributed by atoms with Crippen LogP contribution >= 0.6 is 0 Å². The van der Waals surface area contributed by atoms with Crippen molar-refractivity contribution in [3.63, 3.8) is 0 Å². The fraction of sp³-hybridized carbons (Fsp3) is 0.556. The number of hydrogen-bond donors (Lipinski definition) is 1. The number of benzene rings is 1. The zero-order valence-corrected chi connectivity index (χ0v) is 15.7. The molecule has 2 aliphatic rings. The first kappa shape index (κ1) is 17.6. The molecule has 1 aromatic carbocycles. The molecule has 7 nitrogen and oxygen atoms in total. The topological polar surface area (TPSA) is 102 Å². The van der Waals surface area contributed by atoms with Gasteiger partial charge >= 0.3 is 0 Å². The minimum absolute atomic E-state index is 0.292. The van der Waals surface area contributed by atoms with Crippen LogP contribution in [0.15, 0.2) is 33.7 Å². The average Bonchev–Trinajstić information content (AvgIpc) is 3.35. The van der Waals surface area contributed by atoms with Gasteiger partial charge in [0.1, 0.15) is 6.04 Å². The molecule has 2 fully saturated rings. The second kappa shape index (κ2) is 6.44. The Kier molecular flexibility index (Phi) is 4.37. The number of aryl methyl sites for hydroxylation is 1. The minimum atomic E-state index is -3.60. The Hall–Kier alpha value is -1.77. The third-order valence-electron chi connectivity index (χ3n) is 5.50. The molecule has 4 rings (SSSR count). The first-order valence-electron chi connectivity index (χ1n) is 9.12. The molecule has 1 aliphatic carbocycles. The number of rotatable bonds is 4. The molecule has 0 bridgehead atoms. The summed E-state index contributed by atoms with van der Waals surface area (Å²) in [5.74, 6) is 0.856. The molecule has 26 heavy (non-hydrogen) atoms. The third kappa shape index (κ3) is 2.95. The van der Waals surface area contributed by atoms with E-state index in [4.69, 9.17) is 10.3 Å². The molecule has 0 amide bonds. The fourth-order valence-electron chi connectivity index (χ4n) is 3.92. The number of sulfonamides is 1. The van der Waals surface area contributed by atoms with E-state index in [1.807, 2.05) is 6.92 Å². The SMILES string of the molecule is Cc1ccc(S(=O)(=O)N2CCCC2c2nc(C3(N)CCCC3)no2)cc1. The Labute approximate surface area is 153 Å². The predicted molar refractivity (Wildman–Crippen MR) is 95.7 cm³/mol. The molecule has 1 atom stereocenters. The van der Waals surface area contributed by atoms with Crippen molar-refractivity contribution in [3.05, 3.63) is 41.5 Å². The molecule has 1 aliphatic heterocycles. The highest BCUT2D eigenvalue weighted by Gasteiger charge is 2.41. The van der Waals surface area contributed by atoms with Crippen molar-refractivity contribution < 1.29 is 12.9 Å². The third-order valence-corrected chi connectivity index (χ3v) is 7.42. The number of aromatic nitrogens is 2. The molecule has 0 radical (unpaired) electrons. The standard InChI is InChI=1S/C18H24N4O3S/c1-13-6-8-14(9-7-13)26(23,24)22-12-4-5-15(22)16-20-17(21-25-16)18(19)10-2-3-11-18/h6-9,15H,2-5,10-12,19H2,1H3. The molecular weight excluding hydrogens is 352 g/mol. The molecule has 1 aromatic heterocycles. The lowest BCUT2D eigenvalue weighted by Gasteiger charge is -2.21. The quantitative estimate of drug-likeness (QED) is 0.880. The van der Waals surface area contributed by atoms with Crippen molar-refractivity contribution >= 4 is 10.0 Å². The smallest absolute Gasteiger partial charge is 0.245 e. The highest BCUT2D eigenvalue weighted by Crippen LogP contribution is 2.38. The number of nitrogens with two attached hydrogens (primary N) is 1. The van der Waals surface area contributed by atoms with Crippen LogP contribution in [0.3, 0.4) is 0 Å². The van der Waals surface area contributed by atoms with Crippen LogP contribution < -0.4 is 5.73 Å². The first-order valence-corrected chi connectivity index (χ1v) is 10.6. The summed E-state index contributed by atoms with van der Waals surface area (Å²) < 4.78 is 33.1. The van der Waals surface area contributed by atoms with Gasteiger partial charge in [0.15, 0.2) is 5.82 Å². The molecule has 0 spiro atoms. The van der Waals surface area contributed by atoms with E-state index >= 15 is 0 Å². The van der Waals surface area contributed by atoms with E-state index < -0.39 is 21.6 Å². The summed E-state index contributed by atoms with van der Waals surface area (Å²) in [5.41, 5.74) is 6.88. The molecule has 1 saturated carbocycles. The lowest BCUT2D eigenvalue weighted by Crippen LogP contribution is -2.34. The Morgan fingerprint density at radius 2 is 1.88 bits per heavy atom. The van der Waals surface area contributed by atoms with Gasteiger partial charge < -0.3 is 10.3 Å². The molecule has 1 unspecified atom stereocenters. The van der Waals surface area contributed by atoms with Crippen molar-refractivity contribution in [1.82, 2.24) is 14.4 Å². The maximum absolute atomic E-state index is 13.1. The largest absolute Gasteiger partial charge is 0.337 e. The second-order valence-electron chi connectivity index (χ2n) is 7.41. The molecule has 140 valence electrons. The van der Waals surface area contributed by atoms with Gasteiger partial charge in [-0.25, -0.2) is 8.42 Å². The van der Waals surface area contributed by atoms with Gasteiger partial charge in [-0.3, -0.25) is 0 Å². The summed E-state index contributed by atoms with van der Waals surface area (Å²) >= 11 is 0. The van der Waals surface area contributed by atoms with Gasteiger partial charge in [0, 0.05) is 6.54 Å². The van der Waals surface area contributed by atoms with E-state index in [-0.39, 0.29) is 0 Å². The summed E-state index contributed by atoms with van der Waals surface area (Å²) in [6.07, 6.45) is 5.21. The predicted octanol–water partition coefficient (Wildman–Crippen LogP) is 2.63. The Balaban J connectivity index is 1.63. The first-order chi connectivity index (χ1) is 12.4. The maximum atomic E-state index is 13.1. The molecular formula is C18H24N4O3S. The van der Waals surface area contributed by atoms with Crippen molar-refractivity contribution in [2.24, 2.45) is 5.73 Å². The van der Waals surface area contributed by atoms with Crippen LogP contribution in [-0.4, -0.2) is 29.4 Å². The van der Waals surface area contributed by atoms with Gasteiger partial charge in [0.2, 0.25) is 15.9 Å². The van der Waals surface area contributed by atoms with Crippen LogP contribution in [0.5, 0.6) is 0 Å². The molecule has 2 aromatic rings. The number of hydrogen-bond acceptors (Lipinski definition) is 6. The summed E-state index contributed by atoms with van der Waals surface area (Å²) in [6, 6.07) is 6.48. The lowest BCUT2D eigenvalue weighted by molar-refractivity contribution is 0.285. The molecule has 2 heterocycles. The van der Waals surface area contributed by atoms with E-state index in [0.717, 1.165) is 37.7 Å². The second-order valence-corrected chi connectivity index (χ2v) is 9.30. The van der Waals surface area contributed by atoms with E-state index in [0.29, 0.717) is 29.6 Å². The maximum Gasteiger partial charge on any atom is 0.245 e. The van der Waals surface area contributed by atoms with Crippen molar-refractivity contribution in [2.45, 2.75) is 61.9 Å². The van der Waals surface area contributed by atoms with E-state index in [1.165, 1.54) is 4.31 Å². The van der Waals surface area contributed by atoms with E-state index in [9.17, 15) is 8.42 Å². The van der Waals surface area contributed by atoms with Gasteiger partial charge in [-0.1, -0.05) is 35.7 Å². The Morgan fingerprint density at radius 3 is 2.58 bits per heavy atom. The van der Waals surface area contributed by atoms with Crippen LogP contribution in [0.1, 0.15) is 61.8 Å². The van der Waals surface area contributed by atoms with Crippen LogP contribution in [0.2, 0.25) is 0 Å². The zero-order chi connectivity index (χ0) is 18.4. The van der Waals surface area contributed by atoms with Gasteiger partial charge in [-0.15, -0.1) is 0 Å². The van der Waals surface area contributed by atoms with Crippen molar-refractivity contribution in [1.29, 1.82) is 0 Å². The van der Waals surface area contributed by atoms with Crippen molar-refractivity contribution in [3.8, 4) is 0 Å². The minimum Gasteiger partial charge on any atom is -0.337 e. The summed E-state index contributed by atoms with van der Waals surface area (Å²) in [6.45, 7) is 2.38. The normalized spacial score (nSPS) is 23.5. The fourth-order valence-corrected chi connectivity index (χ4v) is 5.57. The van der Waals surface area contributed by atoms with Crippen LogP contribution in [-0.2, 0) is 15.6 Å². The number of nitrogens with zero attached hydrogens (tertiary/aromatic N) is 3. The summed E-state index contributed by atoms with van der Waals surface area (Å²) in [7, 11) is -3.60. The van der Waals surface area contributed by atoms with Crippen LogP contribution in [0, 0.1) is 6.92 Å². The molecule has 1 saturated heterocycles. The molecule has 8 heteroatoms. The average molecular weight is 376 g/mol. The lowest BCUT2D eigenvalue weighted by atomic mass is 9.99. The van der Waals surface area contributed by atoms with Gasteiger partial charge in [0.25, 0.3) is 0 Å². The highest BCUT2D eigenvalue weighted by molar-refractivity contribution is 7.89. The van der Waals surface area contributed by atoms with Gasteiger partial charge in [0.05, 0.1) is 10.4 Å². The van der Waals surface area contributed by atoms with Crippen LogP contribution in [0.25, 0.3) is 0 Å². The highest BCUT2D eigenvalue weighted by atomic mass is 32.2. The van der Waals surface area contributed by atoms with E-state index in [1.54, 1.807) is 24.3 Å². The van der Waals surface area contributed by atoms with Gasteiger partial charge in [-0.05, 0) is 44.7 Å². The van der Waals surface area contributed by atoms with Crippen molar-refractivity contribution in [2.75, 3.05) is 6.54 Å². The zero-order valence-electron chi connectivity index (χ0n) is 14.9. The van der Waals surface area contributed by atoms with Gasteiger partial charge in [-0.2, -0.15) is 9.29 Å².